The summed E-state index contributed by atoms with van der Waals surface area (Å²) in [5.41, 5.74) is 12.1. The van der Waals surface area contributed by atoms with Gasteiger partial charge < -0.3 is 11.5 Å². The second-order valence-corrected chi connectivity index (χ2v) is 4.08. The lowest BCUT2D eigenvalue weighted by Gasteiger charge is -2.05. The van der Waals surface area contributed by atoms with Gasteiger partial charge in [0.2, 0.25) is 0 Å². The number of carbonyl (C=O) groups excluding carboxylic acids is 1. The Kier molecular flexibility index (Phi) is 2.42. The summed E-state index contributed by atoms with van der Waals surface area (Å²) in [5, 5.41) is 5.06. The van der Waals surface area contributed by atoms with Crippen LogP contribution in [0.3, 0.4) is 0 Å². The molecule has 3 rings (SSSR count). The zero-order valence-corrected chi connectivity index (χ0v) is 9.95. The third kappa shape index (κ3) is 1.79. The van der Waals surface area contributed by atoms with Crippen molar-refractivity contribution in [2.45, 2.75) is 0 Å². The maximum atomic E-state index is 11.1. The number of nitrogens with two attached hydrogens (primary N) is 2. The molecule has 0 bridgehead atoms. The van der Waals surface area contributed by atoms with Gasteiger partial charge in [0.25, 0.3) is 5.91 Å². The molecular weight excluding hydrogens is 242 g/mol. The monoisotopic (exact) mass is 253 g/mol. The lowest BCUT2D eigenvalue weighted by atomic mass is 10.2. The number of hydrogen-bond donors (Lipinski definition) is 2. The number of primary amides is 1. The molecule has 1 aromatic carbocycles. The zero-order valence-electron chi connectivity index (χ0n) is 9.95. The van der Waals surface area contributed by atoms with Gasteiger partial charge in [0.05, 0.1) is 11.7 Å². The maximum absolute atomic E-state index is 11.1. The second-order valence-electron chi connectivity index (χ2n) is 4.08. The minimum atomic E-state index is -0.607. The largest absolute Gasteiger partial charge is 0.383 e. The first kappa shape index (κ1) is 11.2. The number of rotatable bonds is 2. The van der Waals surface area contributed by atoms with Crippen LogP contribution in [0.4, 0.5) is 5.82 Å². The van der Waals surface area contributed by atoms with Crippen LogP contribution in [0, 0.1) is 0 Å². The highest BCUT2D eigenvalue weighted by Gasteiger charge is 2.14. The van der Waals surface area contributed by atoms with Crippen LogP contribution in [0.1, 0.15) is 10.4 Å². The van der Waals surface area contributed by atoms with E-state index in [1.807, 2.05) is 30.3 Å². The summed E-state index contributed by atoms with van der Waals surface area (Å²) in [6, 6.07) is 11.4. The molecule has 6 heteroatoms. The molecule has 0 fully saturated rings. The molecule has 2 heterocycles. The van der Waals surface area contributed by atoms with E-state index in [0.717, 1.165) is 10.9 Å². The van der Waals surface area contributed by atoms with Gasteiger partial charge in [-0.15, -0.1) is 0 Å². The predicted octanol–water partition coefficient (Wildman–Crippen LogP) is 1.10. The topological polar surface area (TPSA) is 99.8 Å². The summed E-state index contributed by atoms with van der Waals surface area (Å²) >= 11 is 0. The highest BCUT2D eigenvalue weighted by Crippen LogP contribution is 2.18. The highest BCUT2D eigenvalue weighted by atomic mass is 16.1. The number of pyridine rings is 1. The van der Waals surface area contributed by atoms with E-state index < -0.39 is 5.91 Å². The fourth-order valence-corrected chi connectivity index (χ4v) is 1.90. The molecule has 94 valence electrons. The van der Waals surface area contributed by atoms with Gasteiger partial charge in [-0.05, 0) is 18.2 Å². The summed E-state index contributed by atoms with van der Waals surface area (Å²) in [6.45, 7) is 0. The number of nitrogen functional groups attached to an aromatic ring is 1. The SMILES string of the molecule is NC(=O)c1cnn(-c2ccc3ccccc3n2)c1N. The molecule has 1 amide bonds. The Labute approximate surface area is 108 Å². The zero-order chi connectivity index (χ0) is 13.4. The van der Waals surface area contributed by atoms with Crippen molar-refractivity contribution in [1.82, 2.24) is 14.8 Å². The summed E-state index contributed by atoms with van der Waals surface area (Å²) in [5.74, 6) is 0.128. The fraction of sp³-hybridized carbons (Fsp3) is 0. The van der Waals surface area contributed by atoms with Crippen molar-refractivity contribution in [3.8, 4) is 5.82 Å². The van der Waals surface area contributed by atoms with Crippen LogP contribution in [-0.4, -0.2) is 20.7 Å². The lowest BCUT2D eigenvalue weighted by Crippen LogP contribution is -2.13. The van der Waals surface area contributed by atoms with E-state index in [2.05, 4.69) is 10.1 Å². The van der Waals surface area contributed by atoms with Crippen LogP contribution in [0.2, 0.25) is 0 Å². The smallest absolute Gasteiger partial charge is 0.254 e. The molecule has 0 aliphatic carbocycles. The summed E-state index contributed by atoms with van der Waals surface area (Å²) < 4.78 is 1.40. The predicted molar refractivity (Wildman–Crippen MR) is 71.8 cm³/mol. The van der Waals surface area contributed by atoms with Crippen molar-refractivity contribution in [3.63, 3.8) is 0 Å². The van der Waals surface area contributed by atoms with Crippen molar-refractivity contribution < 1.29 is 4.79 Å². The quantitative estimate of drug-likeness (QED) is 0.714. The van der Waals surface area contributed by atoms with Gasteiger partial charge in [-0.3, -0.25) is 4.79 Å². The van der Waals surface area contributed by atoms with E-state index in [4.69, 9.17) is 11.5 Å². The van der Waals surface area contributed by atoms with Crippen molar-refractivity contribution in [3.05, 3.63) is 48.2 Å². The molecule has 0 atom stereocenters. The molecule has 0 saturated heterocycles. The first-order valence-electron chi connectivity index (χ1n) is 5.66. The molecule has 0 aliphatic rings. The third-order valence-corrected chi connectivity index (χ3v) is 2.87. The van der Waals surface area contributed by atoms with Crippen LogP contribution in [0.25, 0.3) is 16.7 Å². The molecule has 19 heavy (non-hydrogen) atoms. The number of para-hydroxylation sites is 1. The molecule has 0 spiro atoms. The molecule has 0 saturated carbocycles. The van der Waals surface area contributed by atoms with Crippen LogP contribution < -0.4 is 11.5 Å². The number of fused-ring (bicyclic) bond motifs is 1. The summed E-state index contributed by atoms with van der Waals surface area (Å²) in [4.78, 5) is 15.6. The first-order valence-corrected chi connectivity index (χ1v) is 5.66. The average Bonchev–Trinajstić information content (AvgIpc) is 2.80. The molecule has 0 radical (unpaired) electrons. The first-order chi connectivity index (χ1) is 9.16. The molecule has 0 aliphatic heterocycles. The van der Waals surface area contributed by atoms with Gasteiger partial charge in [0.15, 0.2) is 5.82 Å². The van der Waals surface area contributed by atoms with Crippen LogP contribution in [-0.2, 0) is 0 Å². The number of amides is 1. The van der Waals surface area contributed by atoms with Crippen molar-refractivity contribution in [2.75, 3.05) is 5.73 Å². The summed E-state index contributed by atoms with van der Waals surface area (Å²) in [7, 11) is 0. The number of benzene rings is 1. The van der Waals surface area contributed by atoms with Crippen LogP contribution in [0.5, 0.6) is 0 Å². The Morgan fingerprint density at radius 1 is 1.16 bits per heavy atom. The van der Waals surface area contributed by atoms with Crippen molar-refractivity contribution in [1.29, 1.82) is 0 Å². The normalized spacial score (nSPS) is 10.7. The third-order valence-electron chi connectivity index (χ3n) is 2.87. The molecule has 4 N–H and O–H groups in total. The van der Waals surface area contributed by atoms with E-state index in [1.54, 1.807) is 6.07 Å². The number of carbonyl (C=O) groups is 1. The van der Waals surface area contributed by atoms with Gasteiger partial charge in [-0.25, -0.2) is 4.98 Å². The van der Waals surface area contributed by atoms with Gasteiger partial charge in [0.1, 0.15) is 11.4 Å². The van der Waals surface area contributed by atoms with E-state index in [9.17, 15) is 4.79 Å². The van der Waals surface area contributed by atoms with E-state index >= 15 is 0 Å². The van der Waals surface area contributed by atoms with Crippen LogP contribution in [0.15, 0.2) is 42.6 Å². The van der Waals surface area contributed by atoms with E-state index in [-0.39, 0.29) is 11.4 Å². The summed E-state index contributed by atoms with van der Waals surface area (Å²) in [6.07, 6.45) is 1.34. The Hall–Kier alpha value is -2.89. The number of hydrogen-bond acceptors (Lipinski definition) is 4. The number of aromatic nitrogens is 3. The van der Waals surface area contributed by atoms with Gasteiger partial charge >= 0.3 is 0 Å². The minimum absolute atomic E-state index is 0.190. The lowest BCUT2D eigenvalue weighted by molar-refractivity contribution is 0.100. The highest BCUT2D eigenvalue weighted by molar-refractivity contribution is 5.97. The second kappa shape index (κ2) is 4.09. The fourth-order valence-electron chi connectivity index (χ4n) is 1.90. The number of anilines is 1. The molecular formula is C13H11N5O. The molecule has 2 aromatic heterocycles. The Morgan fingerprint density at radius 2 is 1.95 bits per heavy atom. The molecule has 3 aromatic rings. The van der Waals surface area contributed by atoms with Crippen molar-refractivity contribution >= 4 is 22.6 Å². The van der Waals surface area contributed by atoms with Gasteiger partial charge in [-0.2, -0.15) is 9.78 Å². The Bertz CT molecular complexity index is 778. The van der Waals surface area contributed by atoms with E-state index in [0.29, 0.717) is 5.82 Å². The van der Waals surface area contributed by atoms with Crippen molar-refractivity contribution in [2.24, 2.45) is 5.73 Å². The Morgan fingerprint density at radius 3 is 2.68 bits per heavy atom. The average molecular weight is 253 g/mol. The standard InChI is InChI=1S/C13H11N5O/c14-12-9(13(15)19)7-16-18(12)11-6-5-8-3-1-2-4-10(8)17-11/h1-7H,14H2,(H2,15,19). The van der Waals surface area contributed by atoms with Gasteiger partial charge in [-0.1, -0.05) is 18.2 Å². The van der Waals surface area contributed by atoms with Crippen LogP contribution >= 0.6 is 0 Å². The van der Waals surface area contributed by atoms with E-state index in [1.165, 1.54) is 10.9 Å². The Balaban J connectivity index is 2.16. The molecule has 6 nitrogen and oxygen atoms in total. The number of nitrogens with zero attached hydrogens (tertiary/aromatic N) is 3. The molecule has 0 unspecified atom stereocenters. The minimum Gasteiger partial charge on any atom is -0.383 e. The van der Waals surface area contributed by atoms with Gasteiger partial charge in [0, 0.05) is 5.39 Å². The maximum Gasteiger partial charge on any atom is 0.254 e.